The largest absolute Gasteiger partial charge is 0.352 e. The number of halogens is 2. The summed E-state index contributed by atoms with van der Waals surface area (Å²) in [4.78, 5) is 28.2. The number of nitrogens with one attached hydrogen (secondary N) is 1. The Hall–Kier alpha value is -3.07. The number of rotatable bonds is 10. The highest BCUT2D eigenvalue weighted by molar-refractivity contribution is 7.92. The molecule has 0 saturated heterocycles. The van der Waals surface area contributed by atoms with Gasteiger partial charge in [0.1, 0.15) is 12.6 Å². The van der Waals surface area contributed by atoms with Crippen LogP contribution in [0.25, 0.3) is 0 Å². The molecule has 0 heterocycles. The van der Waals surface area contributed by atoms with Gasteiger partial charge in [0.25, 0.3) is 10.0 Å². The molecule has 0 aliphatic heterocycles. The molecule has 0 aromatic heterocycles. The average molecular weight is 577 g/mol. The first kappa shape index (κ1) is 29.5. The number of anilines is 1. The highest BCUT2D eigenvalue weighted by Crippen LogP contribution is 2.35. The summed E-state index contributed by atoms with van der Waals surface area (Å²) in [6.07, 6.45) is 0. The maximum atomic E-state index is 13.9. The molecule has 3 aromatic rings. The van der Waals surface area contributed by atoms with Gasteiger partial charge in [0.15, 0.2) is 0 Å². The van der Waals surface area contributed by atoms with E-state index in [9.17, 15) is 18.0 Å². The first-order valence-electron chi connectivity index (χ1n) is 12.1. The first-order valence-corrected chi connectivity index (χ1v) is 14.3. The van der Waals surface area contributed by atoms with Crippen molar-refractivity contribution in [1.29, 1.82) is 0 Å². The van der Waals surface area contributed by atoms with Gasteiger partial charge in [-0.05, 0) is 57.5 Å². The molecule has 1 N–H and O–H groups in total. The lowest BCUT2D eigenvalue weighted by Gasteiger charge is -2.32. The van der Waals surface area contributed by atoms with E-state index in [0.717, 1.165) is 15.4 Å². The van der Waals surface area contributed by atoms with E-state index >= 15 is 0 Å². The molecular weight excluding hydrogens is 545 g/mol. The van der Waals surface area contributed by atoms with Crippen LogP contribution in [0.2, 0.25) is 10.0 Å². The van der Waals surface area contributed by atoms with Gasteiger partial charge < -0.3 is 10.2 Å². The molecule has 0 aliphatic carbocycles. The minimum absolute atomic E-state index is 0.00249. The van der Waals surface area contributed by atoms with Crippen LogP contribution in [-0.4, -0.2) is 43.8 Å². The molecule has 0 saturated carbocycles. The van der Waals surface area contributed by atoms with Crippen LogP contribution in [0.1, 0.15) is 31.9 Å². The van der Waals surface area contributed by atoms with Crippen molar-refractivity contribution in [2.24, 2.45) is 0 Å². The monoisotopic (exact) mass is 575 g/mol. The Balaban J connectivity index is 2.07. The molecule has 0 unspecified atom stereocenters. The molecule has 0 spiro atoms. The predicted molar refractivity (Wildman–Crippen MR) is 152 cm³/mol. The summed E-state index contributed by atoms with van der Waals surface area (Å²) >= 11 is 12.6. The number of benzene rings is 3. The van der Waals surface area contributed by atoms with E-state index in [1.807, 2.05) is 45.0 Å². The summed E-state index contributed by atoms with van der Waals surface area (Å²) in [7, 11) is -4.22. The van der Waals surface area contributed by atoms with Crippen LogP contribution in [0.15, 0.2) is 77.7 Å². The second-order valence-electron chi connectivity index (χ2n) is 9.25. The number of carbonyl (C=O) groups excluding carboxylic acids is 2. The number of hydrogen-bond donors (Lipinski definition) is 1. The molecular formula is C28H31Cl2N3O4S. The Morgan fingerprint density at radius 1 is 0.921 bits per heavy atom. The predicted octanol–water partition coefficient (Wildman–Crippen LogP) is 5.44. The molecule has 3 aromatic carbocycles. The first-order chi connectivity index (χ1) is 17.9. The molecule has 10 heteroatoms. The minimum atomic E-state index is -4.22. The molecule has 3 rings (SSSR count). The van der Waals surface area contributed by atoms with Crippen molar-refractivity contribution in [3.05, 3.63) is 94.0 Å². The third kappa shape index (κ3) is 7.07. The molecule has 7 nitrogen and oxygen atoms in total. The van der Waals surface area contributed by atoms with Gasteiger partial charge in [-0.15, -0.1) is 0 Å². The lowest BCUT2D eigenvalue weighted by atomic mass is 10.1. The second kappa shape index (κ2) is 12.7. The molecule has 0 aliphatic rings. The van der Waals surface area contributed by atoms with E-state index in [0.29, 0.717) is 0 Å². The van der Waals surface area contributed by atoms with E-state index in [4.69, 9.17) is 23.2 Å². The third-order valence-corrected chi connectivity index (χ3v) is 8.43. The van der Waals surface area contributed by atoms with Crippen molar-refractivity contribution >= 4 is 50.7 Å². The lowest BCUT2D eigenvalue weighted by molar-refractivity contribution is -0.139. The van der Waals surface area contributed by atoms with Gasteiger partial charge in [-0.1, -0.05) is 77.3 Å². The van der Waals surface area contributed by atoms with E-state index < -0.39 is 28.5 Å². The maximum absolute atomic E-state index is 13.9. The number of sulfonamides is 1. The minimum Gasteiger partial charge on any atom is -0.352 e. The van der Waals surface area contributed by atoms with Gasteiger partial charge in [0.2, 0.25) is 11.8 Å². The zero-order chi connectivity index (χ0) is 28.0. The van der Waals surface area contributed by atoms with Crippen molar-refractivity contribution in [2.45, 2.75) is 51.2 Å². The van der Waals surface area contributed by atoms with Gasteiger partial charge in [-0.3, -0.25) is 13.9 Å². The number of nitrogens with zero attached hydrogens (tertiary/aromatic N) is 2. The smallest absolute Gasteiger partial charge is 0.264 e. The van der Waals surface area contributed by atoms with Crippen LogP contribution >= 0.6 is 23.2 Å². The highest BCUT2D eigenvalue weighted by Gasteiger charge is 2.33. The second-order valence-corrected chi connectivity index (χ2v) is 11.9. The molecule has 0 radical (unpaired) electrons. The van der Waals surface area contributed by atoms with Crippen molar-refractivity contribution in [1.82, 2.24) is 10.2 Å². The van der Waals surface area contributed by atoms with Gasteiger partial charge in [-0.25, -0.2) is 8.42 Å². The van der Waals surface area contributed by atoms with Crippen LogP contribution in [0, 0.1) is 6.92 Å². The van der Waals surface area contributed by atoms with Gasteiger partial charge in [-0.2, -0.15) is 0 Å². The Bertz CT molecular complexity index is 1400. The third-order valence-electron chi connectivity index (χ3n) is 5.84. The fourth-order valence-corrected chi connectivity index (χ4v) is 5.81. The summed E-state index contributed by atoms with van der Waals surface area (Å²) in [5, 5.41) is 2.97. The molecule has 38 heavy (non-hydrogen) atoms. The normalized spacial score (nSPS) is 12.2. The Labute approximate surface area is 234 Å². The van der Waals surface area contributed by atoms with E-state index in [2.05, 4.69) is 5.32 Å². The topological polar surface area (TPSA) is 86.8 Å². The highest BCUT2D eigenvalue weighted by atomic mass is 35.5. The van der Waals surface area contributed by atoms with Crippen LogP contribution in [0.5, 0.6) is 0 Å². The van der Waals surface area contributed by atoms with Crippen LogP contribution in [0.3, 0.4) is 0 Å². The molecule has 0 fully saturated rings. The number of amides is 2. The van der Waals surface area contributed by atoms with Crippen molar-refractivity contribution in [3.63, 3.8) is 0 Å². The Kier molecular flexibility index (Phi) is 9.82. The van der Waals surface area contributed by atoms with E-state index in [-0.39, 0.29) is 39.1 Å². The van der Waals surface area contributed by atoms with Gasteiger partial charge >= 0.3 is 0 Å². The van der Waals surface area contributed by atoms with E-state index in [1.54, 1.807) is 31.2 Å². The van der Waals surface area contributed by atoms with Crippen molar-refractivity contribution < 1.29 is 18.0 Å². The van der Waals surface area contributed by atoms with Crippen molar-refractivity contribution in [3.8, 4) is 0 Å². The summed E-state index contributed by atoms with van der Waals surface area (Å²) in [6.45, 7) is 6.71. The fourth-order valence-electron chi connectivity index (χ4n) is 3.91. The van der Waals surface area contributed by atoms with Crippen LogP contribution in [-0.2, 0) is 26.2 Å². The Morgan fingerprint density at radius 2 is 1.58 bits per heavy atom. The lowest BCUT2D eigenvalue weighted by Crippen LogP contribution is -2.52. The summed E-state index contributed by atoms with van der Waals surface area (Å²) in [5.74, 6) is -0.923. The zero-order valence-electron chi connectivity index (χ0n) is 21.7. The van der Waals surface area contributed by atoms with Crippen LogP contribution < -0.4 is 9.62 Å². The fraction of sp³-hybridized carbons (Fsp3) is 0.286. The Morgan fingerprint density at radius 3 is 2.21 bits per heavy atom. The standard InChI is InChI=1S/C28H31Cl2N3O4S/c1-19(2)31-28(35)21(4)32(17-22-11-8-10-20(3)16-22)26(34)18-33(25-15-9-14-24(29)27(25)30)38(36,37)23-12-6-5-7-13-23/h5-16,19,21H,17-18H2,1-4H3,(H,31,35)/t21-/m1/s1. The molecule has 2 amide bonds. The van der Waals surface area contributed by atoms with E-state index in [1.165, 1.54) is 29.2 Å². The quantitative estimate of drug-likeness (QED) is 0.348. The summed E-state index contributed by atoms with van der Waals surface area (Å²) in [6, 6.07) is 18.9. The summed E-state index contributed by atoms with van der Waals surface area (Å²) in [5.41, 5.74) is 1.86. The molecule has 0 bridgehead atoms. The average Bonchev–Trinajstić information content (AvgIpc) is 2.87. The SMILES string of the molecule is Cc1cccc(CN(C(=O)CN(c2cccc(Cl)c2Cl)S(=O)(=O)c2ccccc2)[C@H](C)C(=O)NC(C)C)c1. The zero-order valence-corrected chi connectivity index (χ0v) is 24.0. The number of hydrogen-bond acceptors (Lipinski definition) is 4. The van der Waals surface area contributed by atoms with Crippen LogP contribution in [0.4, 0.5) is 5.69 Å². The van der Waals surface area contributed by atoms with Crippen molar-refractivity contribution in [2.75, 3.05) is 10.8 Å². The maximum Gasteiger partial charge on any atom is 0.264 e. The summed E-state index contributed by atoms with van der Waals surface area (Å²) < 4.78 is 28.5. The number of aryl methyl sites for hydroxylation is 1. The molecule has 202 valence electrons. The van der Waals surface area contributed by atoms with Gasteiger partial charge in [0.05, 0.1) is 20.6 Å². The molecule has 1 atom stereocenters. The van der Waals surface area contributed by atoms with Gasteiger partial charge in [0, 0.05) is 12.6 Å². The number of carbonyl (C=O) groups is 2.